The fourth-order valence-corrected chi connectivity index (χ4v) is 2.00. The fraction of sp³-hybridized carbons (Fsp3) is 0.600. The van der Waals surface area contributed by atoms with Gasteiger partial charge in [-0.05, 0) is 30.4 Å². The Kier molecular flexibility index (Phi) is 6.71. The van der Waals surface area contributed by atoms with E-state index >= 15 is 0 Å². The maximum atomic E-state index is 5.14. The molecule has 0 spiro atoms. The van der Waals surface area contributed by atoms with Crippen molar-refractivity contribution in [2.45, 2.75) is 33.1 Å². The molecule has 0 saturated heterocycles. The summed E-state index contributed by atoms with van der Waals surface area (Å²) in [5.41, 5.74) is 2.60. The Morgan fingerprint density at radius 1 is 1.29 bits per heavy atom. The van der Waals surface area contributed by atoms with Gasteiger partial charge in [0, 0.05) is 19.3 Å². The van der Waals surface area contributed by atoms with Gasteiger partial charge in [0.25, 0.3) is 0 Å². The molecule has 0 bridgehead atoms. The van der Waals surface area contributed by atoms with Gasteiger partial charge in [0.15, 0.2) is 0 Å². The second-order valence-corrected chi connectivity index (χ2v) is 4.67. The van der Waals surface area contributed by atoms with Crippen molar-refractivity contribution in [2.24, 2.45) is 5.92 Å². The van der Waals surface area contributed by atoms with Crippen LogP contribution in [0.2, 0.25) is 0 Å². The van der Waals surface area contributed by atoms with Crippen LogP contribution in [0.5, 0.6) is 0 Å². The lowest BCUT2D eigenvalue weighted by atomic mass is 10.1. The monoisotopic (exact) mass is 235 g/mol. The van der Waals surface area contributed by atoms with Crippen LogP contribution in [-0.4, -0.2) is 20.3 Å². The highest BCUT2D eigenvalue weighted by atomic mass is 16.5. The molecule has 1 aromatic rings. The van der Waals surface area contributed by atoms with Crippen LogP contribution in [0.15, 0.2) is 24.3 Å². The van der Waals surface area contributed by atoms with E-state index in [2.05, 4.69) is 43.4 Å². The van der Waals surface area contributed by atoms with Crippen molar-refractivity contribution in [2.75, 3.05) is 25.6 Å². The Bertz CT molecular complexity index is 312. The zero-order valence-corrected chi connectivity index (χ0v) is 11.3. The van der Waals surface area contributed by atoms with Crippen molar-refractivity contribution in [3.05, 3.63) is 29.8 Å². The predicted octanol–water partition coefficient (Wildman–Crippen LogP) is 3.72. The third kappa shape index (κ3) is 5.22. The number of anilines is 1. The predicted molar refractivity (Wildman–Crippen MR) is 74.6 cm³/mol. The van der Waals surface area contributed by atoms with E-state index in [1.165, 1.54) is 24.1 Å². The van der Waals surface area contributed by atoms with Gasteiger partial charge in [-0.2, -0.15) is 0 Å². The van der Waals surface area contributed by atoms with Crippen molar-refractivity contribution in [3.8, 4) is 0 Å². The lowest BCUT2D eigenvalue weighted by Crippen LogP contribution is -2.12. The van der Waals surface area contributed by atoms with Gasteiger partial charge in [0.2, 0.25) is 0 Å². The summed E-state index contributed by atoms with van der Waals surface area (Å²) in [6.45, 7) is 6.37. The first-order valence-electron chi connectivity index (χ1n) is 6.58. The van der Waals surface area contributed by atoms with Crippen LogP contribution in [0.1, 0.15) is 32.3 Å². The average molecular weight is 235 g/mol. The average Bonchev–Trinajstić information content (AvgIpc) is 2.35. The number of rotatable bonds is 8. The molecule has 0 heterocycles. The van der Waals surface area contributed by atoms with E-state index in [0.717, 1.165) is 25.5 Å². The van der Waals surface area contributed by atoms with Crippen molar-refractivity contribution in [1.82, 2.24) is 0 Å². The second kappa shape index (κ2) is 8.13. The molecule has 1 aromatic carbocycles. The molecule has 0 aromatic heterocycles. The maximum absolute atomic E-state index is 5.14. The van der Waals surface area contributed by atoms with Crippen LogP contribution in [0.3, 0.4) is 0 Å². The fourth-order valence-electron chi connectivity index (χ4n) is 2.00. The molecule has 2 heteroatoms. The minimum atomic E-state index is 0.732. The van der Waals surface area contributed by atoms with Gasteiger partial charge in [-0.1, -0.05) is 38.5 Å². The third-order valence-electron chi connectivity index (χ3n) is 3.02. The van der Waals surface area contributed by atoms with E-state index in [1.54, 1.807) is 7.11 Å². The molecule has 0 saturated carbocycles. The summed E-state index contributed by atoms with van der Waals surface area (Å²) in [5.74, 6) is 0.732. The molecule has 1 rings (SSSR count). The Hall–Kier alpha value is -1.02. The highest BCUT2D eigenvalue weighted by molar-refractivity contribution is 5.51. The SMILES string of the molecule is CCCC(C)CNc1ccccc1CCOC. The first-order valence-corrected chi connectivity index (χ1v) is 6.58. The van der Waals surface area contributed by atoms with Crippen LogP contribution >= 0.6 is 0 Å². The summed E-state index contributed by atoms with van der Waals surface area (Å²) < 4.78 is 5.14. The first-order chi connectivity index (χ1) is 8.27. The quantitative estimate of drug-likeness (QED) is 0.741. The van der Waals surface area contributed by atoms with Crippen molar-refractivity contribution >= 4 is 5.69 Å². The molecular weight excluding hydrogens is 210 g/mol. The van der Waals surface area contributed by atoms with E-state index in [4.69, 9.17) is 4.74 Å². The molecule has 1 atom stereocenters. The van der Waals surface area contributed by atoms with Crippen LogP contribution in [-0.2, 0) is 11.2 Å². The minimum Gasteiger partial charge on any atom is -0.385 e. The number of ether oxygens (including phenoxy) is 1. The third-order valence-corrected chi connectivity index (χ3v) is 3.02. The van der Waals surface area contributed by atoms with Gasteiger partial charge >= 0.3 is 0 Å². The molecule has 17 heavy (non-hydrogen) atoms. The van der Waals surface area contributed by atoms with Crippen molar-refractivity contribution < 1.29 is 4.74 Å². The van der Waals surface area contributed by atoms with Crippen LogP contribution < -0.4 is 5.32 Å². The molecule has 1 N–H and O–H groups in total. The van der Waals surface area contributed by atoms with E-state index in [-0.39, 0.29) is 0 Å². The van der Waals surface area contributed by atoms with Crippen molar-refractivity contribution in [1.29, 1.82) is 0 Å². The Morgan fingerprint density at radius 2 is 2.06 bits per heavy atom. The Labute approximate surface area is 105 Å². The first kappa shape index (κ1) is 14.0. The van der Waals surface area contributed by atoms with Gasteiger partial charge in [0.1, 0.15) is 0 Å². The molecule has 0 aliphatic rings. The Morgan fingerprint density at radius 3 is 2.76 bits per heavy atom. The topological polar surface area (TPSA) is 21.3 Å². The summed E-state index contributed by atoms with van der Waals surface area (Å²) in [4.78, 5) is 0. The molecule has 0 aliphatic heterocycles. The van der Waals surface area contributed by atoms with Gasteiger partial charge < -0.3 is 10.1 Å². The lowest BCUT2D eigenvalue weighted by Gasteiger charge is -2.15. The number of methoxy groups -OCH3 is 1. The van der Waals surface area contributed by atoms with Gasteiger partial charge in [-0.15, -0.1) is 0 Å². The van der Waals surface area contributed by atoms with Gasteiger partial charge in [0.05, 0.1) is 6.61 Å². The minimum absolute atomic E-state index is 0.732. The highest BCUT2D eigenvalue weighted by Gasteiger charge is 2.04. The summed E-state index contributed by atoms with van der Waals surface area (Å²) in [6.07, 6.45) is 3.52. The zero-order chi connectivity index (χ0) is 12.5. The molecule has 2 nitrogen and oxygen atoms in total. The van der Waals surface area contributed by atoms with Gasteiger partial charge in [-0.25, -0.2) is 0 Å². The van der Waals surface area contributed by atoms with Crippen LogP contribution in [0, 0.1) is 5.92 Å². The van der Waals surface area contributed by atoms with E-state index in [0.29, 0.717) is 0 Å². The van der Waals surface area contributed by atoms with Crippen molar-refractivity contribution in [3.63, 3.8) is 0 Å². The molecular formula is C15H25NO. The van der Waals surface area contributed by atoms with E-state index in [1.807, 2.05) is 0 Å². The molecule has 0 amide bonds. The van der Waals surface area contributed by atoms with Gasteiger partial charge in [-0.3, -0.25) is 0 Å². The summed E-state index contributed by atoms with van der Waals surface area (Å²) >= 11 is 0. The number of nitrogens with one attached hydrogen (secondary N) is 1. The number of hydrogen-bond acceptors (Lipinski definition) is 2. The van der Waals surface area contributed by atoms with E-state index < -0.39 is 0 Å². The van der Waals surface area contributed by atoms with Crippen LogP contribution in [0.25, 0.3) is 0 Å². The molecule has 96 valence electrons. The zero-order valence-electron chi connectivity index (χ0n) is 11.3. The molecule has 0 aliphatic carbocycles. The Balaban J connectivity index is 2.51. The molecule has 0 fully saturated rings. The smallest absolute Gasteiger partial charge is 0.0503 e. The summed E-state index contributed by atoms with van der Waals surface area (Å²) in [7, 11) is 1.75. The normalized spacial score (nSPS) is 12.4. The second-order valence-electron chi connectivity index (χ2n) is 4.67. The summed E-state index contributed by atoms with van der Waals surface area (Å²) in [6, 6.07) is 8.50. The number of hydrogen-bond donors (Lipinski definition) is 1. The number of para-hydroxylation sites is 1. The standard InChI is InChI=1S/C15H25NO/c1-4-7-13(2)12-16-15-9-6-5-8-14(15)10-11-17-3/h5-6,8-9,13,16H,4,7,10-12H2,1-3H3. The lowest BCUT2D eigenvalue weighted by molar-refractivity contribution is 0.202. The van der Waals surface area contributed by atoms with Crippen LogP contribution in [0.4, 0.5) is 5.69 Å². The largest absolute Gasteiger partial charge is 0.385 e. The molecule has 1 unspecified atom stereocenters. The van der Waals surface area contributed by atoms with E-state index in [9.17, 15) is 0 Å². The molecule has 0 radical (unpaired) electrons. The highest BCUT2D eigenvalue weighted by Crippen LogP contribution is 2.17. The summed E-state index contributed by atoms with van der Waals surface area (Å²) in [5, 5.41) is 3.55. The number of benzene rings is 1. The maximum Gasteiger partial charge on any atom is 0.0503 e.